The first-order valence-corrected chi connectivity index (χ1v) is 9.75. The van der Waals surface area contributed by atoms with Crippen LogP contribution in [0, 0.1) is 11.3 Å². The number of amides is 2. The summed E-state index contributed by atoms with van der Waals surface area (Å²) in [4.78, 5) is 27.0. The summed E-state index contributed by atoms with van der Waals surface area (Å²) >= 11 is 6.26. The second-order valence-electron chi connectivity index (χ2n) is 9.10. The lowest BCUT2D eigenvalue weighted by molar-refractivity contribution is -0.132. The minimum absolute atomic E-state index is 0.136. The average molecular weight is 395 g/mol. The third-order valence-electron chi connectivity index (χ3n) is 4.96. The number of hydrogen-bond donors (Lipinski definition) is 1. The van der Waals surface area contributed by atoms with E-state index in [-0.39, 0.29) is 11.3 Å². The van der Waals surface area contributed by atoms with Gasteiger partial charge in [0.15, 0.2) is 0 Å². The topological polar surface area (TPSA) is 58.6 Å². The predicted octanol–water partition coefficient (Wildman–Crippen LogP) is 4.28. The van der Waals surface area contributed by atoms with E-state index in [4.69, 9.17) is 16.3 Å². The molecule has 1 fully saturated rings. The van der Waals surface area contributed by atoms with Crippen LogP contribution in [-0.2, 0) is 16.0 Å². The molecule has 5 nitrogen and oxygen atoms in total. The largest absolute Gasteiger partial charge is 0.444 e. The number of nitrogens with one attached hydrogen (secondary N) is 1. The molecule has 2 atom stereocenters. The van der Waals surface area contributed by atoms with Crippen molar-refractivity contribution >= 4 is 23.6 Å². The zero-order valence-electron chi connectivity index (χ0n) is 17.1. The van der Waals surface area contributed by atoms with Crippen LogP contribution in [0.25, 0.3) is 0 Å². The maximum Gasteiger partial charge on any atom is 0.408 e. The molecule has 2 amide bonds. The summed E-state index contributed by atoms with van der Waals surface area (Å²) < 4.78 is 5.34. The normalized spacial score (nSPS) is 19.1. The lowest BCUT2D eigenvalue weighted by Crippen LogP contribution is -2.50. The summed E-state index contributed by atoms with van der Waals surface area (Å²) in [5.74, 6) is 0.359. The number of carbonyl (C=O) groups excluding carboxylic acids is 2. The number of benzene rings is 1. The van der Waals surface area contributed by atoms with Crippen LogP contribution in [0.2, 0.25) is 5.02 Å². The van der Waals surface area contributed by atoms with Crippen LogP contribution >= 0.6 is 11.6 Å². The molecule has 1 aliphatic carbocycles. The smallest absolute Gasteiger partial charge is 0.408 e. The van der Waals surface area contributed by atoms with Crippen LogP contribution < -0.4 is 5.32 Å². The maximum atomic E-state index is 13.0. The van der Waals surface area contributed by atoms with Gasteiger partial charge in [0, 0.05) is 25.0 Å². The highest BCUT2D eigenvalue weighted by molar-refractivity contribution is 6.31. The first-order valence-electron chi connectivity index (χ1n) is 9.37. The summed E-state index contributed by atoms with van der Waals surface area (Å²) in [5, 5.41) is 3.31. The number of halogens is 1. The number of nitrogens with zero attached hydrogens (tertiary/aromatic N) is 1. The highest BCUT2D eigenvalue weighted by Crippen LogP contribution is 2.51. The third kappa shape index (κ3) is 6.42. The van der Waals surface area contributed by atoms with Crippen LogP contribution in [0.1, 0.15) is 46.6 Å². The Labute approximate surface area is 167 Å². The monoisotopic (exact) mass is 394 g/mol. The lowest BCUT2D eigenvalue weighted by atomic mass is 10.0. The molecular weight excluding hydrogens is 364 g/mol. The Balaban J connectivity index is 2.11. The molecule has 27 heavy (non-hydrogen) atoms. The Bertz CT molecular complexity index is 697. The van der Waals surface area contributed by atoms with Crippen molar-refractivity contribution in [1.82, 2.24) is 10.2 Å². The highest BCUT2D eigenvalue weighted by atomic mass is 35.5. The zero-order valence-corrected chi connectivity index (χ0v) is 17.9. The SMILES string of the molecule is CN(CC1CC1(C)C)C(=O)C(Cc1ccccc1Cl)NC(=O)OC(C)(C)C. The Morgan fingerprint density at radius 1 is 1.33 bits per heavy atom. The van der Waals surface area contributed by atoms with Gasteiger partial charge >= 0.3 is 6.09 Å². The number of alkyl carbamates (subject to hydrolysis) is 1. The molecule has 1 aromatic rings. The molecule has 0 aromatic heterocycles. The average Bonchev–Trinajstić information content (AvgIpc) is 3.12. The first kappa shape index (κ1) is 21.5. The van der Waals surface area contributed by atoms with Crippen molar-refractivity contribution in [3.8, 4) is 0 Å². The molecular formula is C21H31ClN2O3. The molecule has 0 saturated heterocycles. The molecule has 6 heteroatoms. The molecule has 150 valence electrons. The van der Waals surface area contributed by atoms with Crippen LogP contribution in [0.4, 0.5) is 4.79 Å². The van der Waals surface area contributed by atoms with E-state index < -0.39 is 17.7 Å². The van der Waals surface area contributed by atoms with E-state index in [1.54, 1.807) is 38.8 Å². The molecule has 2 unspecified atom stereocenters. The molecule has 0 bridgehead atoms. The Hall–Kier alpha value is -1.75. The summed E-state index contributed by atoms with van der Waals surface area (Å²) in [6.45, 7) is 10.5. The molecule has 2 rings (SSSR count). The molecule has 0 radical (unpaired) electrons. The van der Waals surface area contributed by atoms with Crippen molar-refractivity contribution in [2.75, 3.05) is 13.6 Å². The minimum Gasteiger partial charge on any atom is -0.444 e. The van der Waals surface area contributed by atoms with E-state index in [1.165, 1.54) is 0 Å². The first-order chi connectivity index (χ1) is 12.4. The summed E-state index contributed by atoms with van der Waals surface area (Å²) in [6.07, 6.45) is 0.822. The van der Waals surface area contributed by atoms with Gasteiger partial charge in [-0.25, -0.2) is 4.79 Å². The van der Waals surface area contributed by atoms with Crippen LogP contribution in [0.3, 0.4) is 0 Å². The van der Waals surface area contributed by atoms with E-state index in [2.05, 4.69) is 19.2 Å². The van der Waals surface area contributed by atoms with Gasteiger partial charge in [-0.05, 0) is 50.2 Å². The fourth-order valence-corrected chi connectivity index (χ4v) is 3.32. The minimum atomic E-state index is -0.730. The standard InChI is InChI=1S/C21H31ClN2O3/c1-20(2,3)27-19(26)23-17(11-14-9-7-8-10-16(14)22)18(25)24(6)13-15-12-21(15,4)5/h7-10,15,17H,11-13H2,1-6H3,(H,23,26). The van der Waals surface area contributed by atoms with Crippen LogP contribution in [-0.4, -0.2) is 42.1 Å². The molecule has 1 aromatic carbocycles. The molecule has 0 spiro atoms. The molecule has 1 saturated carbocycles. The van der Waals surface area contributed by atoms with E-state index in [0.29, 0.717) is 23.9 Å². The van der Waals surface area contributed by atoms with E-state index in [1.807, 2.05) is 18.2 Å². The fourth-order valence-electron chi connectivity index (χ4n) is 3.11. The number of hydrogen-bond acceptors (Lipinski definition) is 3. The summed E-state index contributed by atoms with van der Waals surface area (Å²) in [6, 6.07) is 6.62. The van der Waals surface area contributed by atoms with Crippen molar-refractivity contribution in [1.29, 1.82) is 0 Å². The second kappa shape index (κ2) is 8.09. The second-order valence-corrected chi connectivity index (χ2v) is 9.51. The van der Waals surface area contributed by atoms with Crippen molar-refractivity contribution in [2.24, 2.45) is 11.3 Å². The van der Waals surface area contributed by atoms with Gasteiger partial charge in [0.1, 0.15) is 11.6 Å². The zero-order chi connectivity index (χ0) is 20.4. The van der Waals surface area contributed by atoms with Crippen molar-refractivity contribution in [2.45, 2.75) is 59.1 Å². The van der Waals surface area contributed by atoms with Crippen molar-refractivity contribution in [3.63, 3.8) is 0 Å². The van der Waals surface area contributed by atoms with Gasteiger partial charge in [-0.3, -0.25) is 4.79 Å². The predicted molar refractivity (Wildman–Crippen MR) is 108 cm³/mol. The van der Waals surface area contributed by atoms with Gasteiger partial charge in [-0.15, -0.1) is 0 Å². The van der Waals surface area contributed by atoms with Crippen LogP contribution in [0.15, 0.2) is 24.3 Å². The number of rotatable bonds is 6. The van der Waals surface area contributed by atoms with Gasteiger partial charge in [0.25, 0.3) is 0 Å². The number of ether oxygens (including phenoxy) is 1. The molecule has 1 aliphatic rings. The van der Waals surface area contributed by atoms with Crippen molar-refractivity contribution < 1.29 is 14.3 Å². The Morgan fingerprint density at radius 3 is 2.44 bits per heavy atom. The fraction of sp³-hybridized carbons (Fsp3) is 0.619. The maximum absolute atomic E-state index is 13.0. The quantitative estimate of drug-likeness (QED) is 0.783. The number of carbonyl (C=O) groups is 2. The highest BCUT2D eigenvalue weighted by Gasteiger charge is 2.46. The van der Waals surface area contributed by atoms with E-state index >= 15 is 0 Å². The van der Waals surface area contributed by atoms with Crippen LogP contribution in [0.5, 0.6) is 0 Å². The van der Waals surface area contributed by atoms with Gasteiger partial charge in [0.05, 0.1) is 0 Å². The van der Waals surface area contributed by atoms with Gasteiger partial charge < -0.3 is 15.0 Å². The number of likely N-dealkylation sites (N-methyl/N-ethyl adjacent to an activating group) is 1. The third-order valence-corrected chi connectivity index (χ3v) is 5.33. The summed E-state index contributed by atoms with van der Waals surface area (Å²) in [5.41, 5.74) is 0.464. The van der Waals surface area contributed by atoms with Gasteiger partial charge in [-0.2, -0.15) is 0 Å². The van der Waals surface area contributed by atoms with E-state index in [0.717, 1.165) is 12.0 Å². The van der Waals surface area contributed by atoms with E-state index in [9.17, 15) is 9.59 Å². The lowest BCUT2D eigenvalue weighted by Gasteiger charge is -2.27. The Kier molecular flexibility index (Phi) is 6.46. The van der Waals surface area contributed by atoms with Gasteiger partial charge in [-0.1, -0.05) is 43.6 Å². The molecule has 0 aliphatic heterocycles. The Morgan fingerprint density at radius 2 is 1.93 bits per heavy atom. The molecule has 1 N–H and O–H groups in total. The van der Waals surface area contributed by atoms with Crippen molar-refractivity contribution in [3.05, 3.63) is 34.9 Å². The molecule has 0 heterocycles. The summed E-state index contributed by atoms with van der Waals surface area (Å²) in [7, 11) is 1.78. The van der Waals surface area contributed by atoms with Gasteiger partial charge in [0.2, 0.25) is 5.91 Å².